The number of para-hydroxylation sites is 3. The summed E-state index contributed by atoms with van der Waals surface area (Å²) in [4.78, 5) is 10.6. The van der Waals surface area contributed by atoms with E-state index in [1.165, 1.54) is 27.2 Å². The number of aromatic nitrogens is 4. The Morgan fingerprint density at radius 1 is 0.339 bits per heavy atom. The molecule has 4 nitrogen and oxygen atoms in total. The molecule has 0 aliphatic rings. The number of rotatable bonds is 6. The molecule has 0 fully saturated rings. The van der Waals surface area contributed by atoms with Crippen LogP contribution in [0.2, 0.25) is 0 Å². The number of nitrogens with zero attached hydrogens (tertiary/aromatic N) is 4. The lowest BCUT2D eigenvalue weighted by Gasteiger charge is -2.14. The SMILES string of the molecule is c1ccc(-c2cc(-c3ccccc3)cc(-c3nc(-c4cccc(-n5c6ccccc6c6ccc7c(ccn7-c7ccccc7)c65)c4)nc4ccccc34)c2)cc1. The summed E-state index contributed by atoms with van der Waals surface area (Å²) in [6, 6.07) is 71.0. The van der Waals surface area contributed by atoms with Gasteiger partial charge >= 0.3 is 0 Å². The van der Waals surface area contributed by atoms with Crippen molar-refractivity contribution < 1.29 is 0 Å². The maximum absolute atomic E-state index is 5.42. The van der Waals surface area contributed by atoms with Gasteiger partial charge in [-0.3, -0.25) is 0 Å². The molecule has 0 aliphatic carbocycles. The second kappa shape index (κ2) is 13.1. The predicted octanol–water partition coefficient (Wildman–Crippen LogP) is 13.3. The Labute approximate surface area is 324 Å². The van der Waals surface area contributed by atoms with E-state index in [4.69, 9.17) is 9.97 Å². The summed E-state index contributed by atoms with van der Waals surface area (Å²) in [5, 5.41) is 4.66. The van der Waals surface area contributed by atoms with Gasteiger partial charge < -0.3 is 9.13 Å². The van der Waals surface area contributed by atoms with Crippen molar-refractivity contribution in [3.63, 3.8) is 0 Å². The molecule has 0 atom stereocenters. The van der Waals surface area contributed by atoms with Crippen molar-refractivity contribution in [1.29, 1.82) is 0 Å². The topological polar surface area (TPSA) is 35.6 Å². The fourth-order valence-corrected chi connectivity index (χ4v) is 8.33. The Hall–Kier alpha value is -7.56. The quantitative estimate of drug-likeness (QED) is 0.172. The highest BCUT2D eigenvalue weighted by molar-refractivity contribution is 6.18. The first-order chi connectivity index (χ1) is 27.8. The van der Waals surface area contributed by atoms with Crippen molar-refractivity contribution in [2.24, 2.45) is 0 Å². The minimum absolute atomic E-state index is 0.688. The van der Waals surface area contributed by atoms with Crippen LogP contribution in [-0.2, 0) is 0 Å². The van der Waals surface area contributed by atoms with Gasteiger partial charge in [0.05, 0.1) is 27.8 Å². The molecule has 3 aromatic heterocycles. The second-order valence-electron chi connectivity index (χ2n) is 14.3. The molecule has 0 N–H and O–H groups in total. The zero-order valence-corrected chi connectivity index (χ0v) is 30.4. The van der Waals surface area contributed by atoms with Gasteiger partial charge in [-0.05, 0) is 89.0 Å². The highest BCUT2D eigenvalue weighted by Crippen LogP contribution is 2.39. The first kappa shape index (κ1) is 31.9. The third-order valence-corrected chi connectivity index (χ3v) is 10.9. The van der Waals surface area contributed by atoms with Crippen molar-refractivity contribution in [2.75, 3.05) is 0 Å². The van der Waals surface area contributed by atoms with Crippen LogP contribution in [0.5, 0.6) is 0 Å². The van der Waals surface area contributed by atoms with Crippen molar-refractivity contribution in [3.05, 3.63) is 206 Å². The zero-order valence-electron chi connectivity index (χ0n) is 30.4. The highest BCUT2D eigenvalue weighted by atomic mass is 15.0. The van der Waals surface area contributed by atoms with Gasteiger partial charge in [0, 0.05) is 50.2 Å². The zero-order chi connectivity index (χ0) is 37.0. The van der Waals surface area contributed by atoms with E-state index in [1.807, 2.05) is 0 Å². The van der Waals surface area contributed by atoms with E-state index in [0.717, 1.165) is 66.9 Å². The fraction of sp³-hybridized carbons (Fsp3) is 0. The third-order valence-electron chi connectivity index (χ3n) is 10.9. The maximum atomic E-state index is 5.42. The minimum Gasteiger partial charge on any atom is -0.316 e. The molecule has 11 rings (SSSR count). The molecule has 0 amide bonds. The molecule has 11 aromatic rings. The summed E-state index contributed by atoms with van der Waals surface area (Å²) in [5.74, 6) is 0.688. The van der Waals surface area contributed by atoms with Crippen molar-refractivity contribution in [3.8, 4) is 56.3 Å². The van der Waals surface area contributed by atoms with Gasteiger partial charge in [0.1, 0.15) is 0 Å². The average Bonchev–Trinajstić information content (AvgIpc) is 3.87. The molecular weight excluding hydrogens is 681 g/mol. The molecule has 0 bridgehead atoms. The van der Waals surface area contributed by atoms with Gasteiger partial charge in [0.2, 0.25) is 0 Å². The average molecular weight is 715 g/mol. The highest BCUT2D eigenvalue weighted by Gasteiger charge is 2.19. The Bertz CT molecular complexity index is 3170. The van der Waals surface area contributed by atoms with Crippen LogP contribution in [0.1, 0.15) is 0 Å². The van der Waals surface area contributed by atoms with Crippen LogP contribution < -0.4 is 0 Å². The minimum atomic E-state index is 0.688. The first-order valence-electron chi connectivity index (χ1n) is 19.0. The van der Waals surface area contributed by atoms with Crippen LogP contribution >= 0.6 is 0 Å². The molecule has 4 heteroatoms. The maximum Gasteiger partial charge on any atom is 0.160 e. The van der Waals surface area contributed by atoms with Crippen LogP contribution in [0.25, 0.3) is 99.9 Å². The van der Waals surface area contributed by atoms with Crippen LogP contribution in [0.15, 0.2) is 206 Å². The van der Waals surface area contributed by atoms with Gasteiger partial charge in [-0.1, -0.05) is 133 Å². The summed E-state index contributed by atoms with van der Waals surface area (Å²) in [5.41, 5.74) is 14.1. The molecule has 0 unspecified atom stereocenters. The number of hydrogen-bond donors (Lipinski definition) is 0. The summed E-state index contributed by atoms with van der Waals surface area (Å²) in [7, 11) is 0. The second-order valence-corrected chi connectivity index (χ2v) is 14.3. The van der Waals surface area contributed by atoms with Crippen molar-refractivity contribution >= 4 is 43.6 Å². The lowest BCUT2D eigenvalue weighted by atomic mass is 9.94. The van der Waals surface area contributed by atoms with Gasteiger partial charge in [0.25, 0.3) is 0 Å². The standard InChI is InChI=1S/C52H34N4/c1-4-15-35(16-5-1)38-31-39(36-17-6-2-7-18-36)33-40(32-38)50-45-24-10-12-25-47(45)53-52(54-50)37-19-14-22-42(34-37)56-49-26-13-11-23-43(49)44-27-28-48-46(51(44)56)29-30-55(48)41-20-8-3-9-21-41/h1-34H. The summed E-state index contributed by atoms with van der Waals surface area (Å²) < 4.78 is 4.68. The predicted molar refractivity (Wildman–Crippen MR) is 232 cm³/mol. The molecule has 262 valence electrons. The van der Waals surface area contributed by atoms with Crippen LogP contribution in [-0.4, -0.2) is 19.1 Å². The first-order valence-corrected chi connectivity index (χ1v) is 19.0. The van der Waals surface area contributed by atoms with Crippen LogP contribution in [0, 0.1) is 0 Å². The number of fused-ring (bicyclic) bond motifs is 6. The van der Waals surface area contributed by atoms with E-state index in [0.29, 0.717) is 5.82 Å². The number of benzene rings is 8. The molecule has 0 radical (unpaired) electrons. The number of hydrogen-bond acceptors (Lipinski definition) is 2. The molecular formula is C52H34N4. The largest absolute Gasteiger partial charge is 0.316 e. The molecule has 0 spiro atoms. The van der Waals surface area contributed by atoms with Gasteiger partial charge in [-0.15, -0.1) is 0 Å². The fourth-order valence-electron chi connectivity index (χ4n) is 8.33. The molecule has 3 heterocycles. The summed E-state index contributed by atoms with van der Waals surface area (Å²) >= 11 is 0. The van der Waals surface area contributed by atoms with Crippen LogP contribution in [0.3, 0.4) is 0 Å². The third kappa shape index (κ3) is 5.31. The Kier molecular flexibility index (Phi) is 7.46. The van der Waals surface area contributed by atoms with Crippen molar-refractivity contribution in [2.45, 2.75) is 0 Å². The molecule has 0 aliphatic heterocycles. The monoisotopic (exact) mass is 714 g/mol. The van der Waals surface area contributed by atoms with E-state index >= 15 is 0 Å². The Morgan fingerprint density at radius 3 is 1.70 bits per heavy atom. The van der Waals surface area contributed by atoms with E-state index in [9.17, 15) is 0 Å². The van der Waals surface area contributed by atoms with E-state index in [2.05, 4.69) is 216 Å². The molecule has 0 saturated heterocycles. The summed E-state index contributed by atoms with van der Waals surface area (Å²) in [6.07, 6.45) is 2.18. The van der Waals surface area contributed by atoms with Crippen LogP contribution in [0.4, 0.5) is 0 Å². The normalized spacial score (nSPS) is 11.6. The lowest BCUT2D eigenvalue weighted by Crippen LogP contribution is -1.98. The lowest BCUT2D eigenvalue weighted by molar-refractivity contribution is 1.13. The van der Waals surface area contributed by atoms with E-state index in [-0.39, 0.29) is 0 Å². The summed E-state index contributed by atoms with van der Waals surface area (Å²) in [6.45, 7) is 0. The van der Waals surface area contributed by atoms with E-state index < -0.39 is 0 Å². The van der Waals surface area contributed by atoms with E-state index in [1.54, 1.807) is 0 Å². The molecule has 8 aromatic carbocycles. The Morgan fingerprint density at radius 2 is 0.946 bits per heavy atom. The molecule has 56 heavy (non-hydrogen) atoms. The Balaban J connectivity index is 1.12. The van der Waals surface area contributed by atoms with Gasteiger partial charge in [0.15, 0.2) is 5.82 Å². The molecule has 0 saturated carbocycles. The van der Waals surface area contributed by atoms with Gasteiger partial charge in [-0.2, -0.15) is 0 Å². The van der Waals surface area contributed by atoms with Gasteiger partial charge in [-0.25, -0.2) is 9.97 Å². The van der Waals surface area contributed by atoms with Crippen molar-refractivity contribution in [1.82, 2.24) is 19.1 Å². The smallest absolute Gasteiger partial charge is 0.160 e.